The summed E-state index contributed by atoms with van der Waals surface area (Å²) >= 11 is 1.55. The van der Waals surface area contributed by atoms with Gasteiger partial charge in [0.05, 0.1) is 13.2 Å². The van der Waals surface area contributed by atoms with Gasteiger partial charge in [0.15, 0.2) is 6.61 Å². The minimum atomic E-state index is -0.477. The summed E-state index contributed by atoms with van der Waals surface area (Å²) in [6.07, 6.45) is 1.66. The molecule has 0 atom stereocenters. The van der Waals surface area contributed by atoms with Gasteiger partial charge < -0.3 is 18.9 Å². The van der Waals surface area contributed by atoms with Gasteiger partial charge in [-0.15, -0.1) is 0 Å². The average Bonchev–Trinajstić information content (AvgIpc) is 3.38. The maximum atomic E-state index is 12.5. The van der Waals surface area contributed by atoms with Crippen molar-refractivity contribution >= 4 is 23.1 Å². The number of thiophene rings is 1. The Labute approximate surface area is 153 Å². The monoisotopic (exact) mass is 372 g/mol. The fraction of sp³-hybridized carbons (Fsp3) is 0.294. The van der Waals surface area contributed by atoms with Crippen molar-refractivity contribution in [3.8, 4) is 11.4 Å². The van der Waals surface area contributed by atoms with Gasteiger partial charge in [0.2, 0.25) is 5.82 Å². The van der Waals surface area contributed by atoms with E-state index in [1.807, 2.05) is 21.7 Å². The van der Waals surface area contributed by atoms with Crippen molar-refractivity contribution in [1.29, 1.82) is 0 Å². The molecule has 26 heavy (non-hydrogen) atoms. The highest BCUT2D eigenvalue weighted by Gasteiger charge is 2.21. The highest BCUT2D eigenvalue weighted by Crippen LogP contribution is 2.21. The summed E-state index contributed by atoms with van der Waals surface area (Å²) in [6.45, 7) is 2.50. The van der Waals surface area contributed by atoms with E-state index in [-0.39, 0.29) is 12.5 Å². The van der Waals surface area contributed by atoms with Crippen LogP contribution in [0.3, 0.4) is 0 Å². The number of carbonyl (C=O) groups excluding carboxylic acids is 1. The van der Waals surface area contributed by atoms with Gasteiger partial charge in [-0.2, -0.15) is 16.3 Å². The smallest absolute Gasteiger partial charge is 0.342 e. The molecule has 4 heterocycles. The van der Waals surface area contributed by atoms with Gasteiger partial charge in [-0.05, 0) is 23.6 Å². The molecule has 0 amide bonds. The van der Waals surface area contributed by atoms with Gasteiger partial charge in [0, 0.05) is 30.2 Å². The lowest BCUT2D eigenvalue weighted by Gasteiger charge is -2.28. The molecule has 1 aliphatic heterocycles. The van der Waals surface area contributed by atoms with Crippen LogP contribution in [0.1, 0.15) is 16.2 Å². The largest absolute Gasteiger partial charge is 0.452 e. The topological polar surface area (TPSA) is 90.6 Å². The minimum absolute atomic E-state index is 0.0899. The van der Waals surface area contributed by atoms with E-state index in [1.165, 1.54) is 0 Å². The summed E-state index contributed by atoms with van der Waals surface area (Å²) < 4.78 is 15.8. The summed E-state index contributed by atoms with van der Waals surface area (Å²) in [7, 11) is 0. The third kappa shape index (κ3) is 3.58. The molecule has 1 saturated heterocycles. The molecule has 8 nitrogen and oxygen atoms in total. The first-order valence-electron chi connectivity index (χ1n) is 8.11. The number of rotatable bonds is 5. The second-order valence-corrected chi connectivity index (χ2v) is 6.35. The van der Waals surface area contributed by atoms with Crippen LogP contribution in [0.4, 0.5) is 5.82 Å². The molecular formula is C17H16N4O4S. The maximum Gasteiger partial charge on any atom is 0.342 e. The lowest BCUT2D eigenvalue weighted by molar-refractivity contribution is 0.0429. The Morgan fingerprint density at radius 3 is 3.00 bits per heavy atom. The highest BCUT2D eigenvalue weighted by atomic mass is 32.1. The number of aromatic nitrogens is 3. The van der Waals surface area contributed by atoms with E-state index in [2.05, 4.69) is 15.1 Å². The first-order chi connectivity index (χ1) is 12.8. The van der Waals surface area contributed by atoms with Gasteiger partial charge in [-0.3, -0.25) is 0 Å². The Hall–Kier alpha value is -2.78. The third-order valence-corrected chi connectivity index (χ3v) is 4.57. The van der Waals surface area contributed by atoms with Gasteiger partial charge in [-0.25, -0.2) is 9.78 Å². The summed E-state index contributed by atoms with van der Waals surface area (Å²) in [5.41, 5.74) is 1.28. The standard InChI is InChI=1S/C17H16N4O4S/c22-17(13-2-1-4-18-16(13)21-5-7-23-8-6-21)24-10-14-19-15(20-25-14)12-3-9-26-11-12/h1-4,9,11H,5-8,10H2. The van der Waals surface area contributed by atoms with E-state index < -0.39 is 5.97 Å². The van der Waals surface area contributed by atoms with Gasteiger partial charge in [-0.1, -0.05) is 5.16 Å². The van der Waals surface area contributed by atoms with Gasteiger partial charge >= 0.3 is 5.97 Å². The Bertz CT molecular complexity index is 875. The van der Waals surface area contributed by atoms with Crippen LogP contribution < -0.4 is 4.90 Å². The average molecular weight is 372 g/mol. The molecular weight excluding hydrogens is 356 g/mol. The van der Waals surface area contributed by atoms with Crippen LogP contribution in [-0.4, -0.2) is 47.4 Å². The number of hydrogen-bond acceptors (Lipinski definition) is 9. The number of anilines is 1. The summed E-state index contributed by atoms with van der Waals surface area (Å²) in [6, 6.07) is 5.31. The Kier molecular flexibility index (Phi) is 4.89. The fourth-order valence-electron chi connectivity index (χ4n) is 2.61. The molecule has 1 fully saturated rings. The molecule has 0 unspecified atom stereocenters. The molecule has 0 N–H and O–H groups in total. The molecule has 3 aromatic rings. The van der Waals surface area contributed by atoms with E-state index in [9.17, 15) is 4.79 Å². The van der Waals surface area contributed by atoms with E-state index in [0.717, 1.165) is 5.56 Å². The highest BCUT2D eigenvalue weighted by molar-refractivity contribution is 7.08. The van der Waals surface area contributed by atoms with Crippen molar-refractivity contribution in [1.82, 2.24) is 15.1 Å². The molecule has 0 aliphatic carbocycles. The van der Waals surface area contributed by atoms with E-state index >= 15 is 0 Å². The molecule has 1 aliphatic rings. The Morgan fingerprint density at radius 1 is 1.31 bits per heavy atom. The normalized spacial score (nSPS) is 14.4. The van der Waals surface area contributed by atoms with Crippen molar-refractivity contribution in [2.75, 3.05) is 31.2 Å². The van der Waals surface area contributed by atoms with Crippen molar-refractivity contribution in [2.24, 2.45) is 0 Å². The quantitative estimate of drug-likeness (QED) is 0.631. The van der Waals surface area contributed by atoms with Gasteiger partial charge in [0.25, 0.3) is 5.89 Å². The number of morpholine rings is 1. The number of ether oxygens (including phenoxy) is 2. The molecule has 0 radical (unpaired) electrons. The van der Waals surface area contributed by atoms with E-state index in [4.69, 9.17) is 14.0 Å². The SMILES string of the molecule is O=C(OCc1nc(-c2ccsc2)no1)c1cccnc1N1CCOCC1. The lowest BCUT2D eigenvalue weighted by atomic mass is 10.2. The molecule has 4 rings (SSSR count). The fourth-order valence-corrected chi connectivity index (χ4v) is 3.25. The number of esters is 1. The van der Waals surface area contributed by atoms with Crippen molar-refractivity contribution in [2.45, 2.75) is 6.61 Å². The summed E-state index contributed by atoms with van der Waals surface area (Å²) in [5, 5.41) is 7.75. The minimum Gasteiger partial charge on any atom is -0.452 e. The van der Waals surface area contributed by atoms with Crippen LogP contribution in [0.5, 0.6) is 0 Å². The van der Waals surface area contributed by atoms with E-state index in [1.54, 1.807) is 29.7 Å². The van der Waals surface area contributed by atoms with Crippen LogP contribution in [0.15, 0.2) is 39.7 Å². The van der Waals surface area contributed by atoms with E-state index in [0.29, 0.717) is 43.5 Å². The van der Waals surface area contributed by atoms with Crippen molar-refractivity contribution in [3.05, 3.63) is 46.6 Å². The summed E-state index contributed by atoms with van der Waals surface area (Å²) in [5.74, 6) is 0.851. The van der Waals surface area contributed by atoms with Crippen LogP contribution in [0.25, 0.3) is 11.4 Å². The van der Waals surface area contributed by atoms with Crippen molar-refractivity contribution < 1.29 is 18.8 Å². The first kappa shape index (κ1) is 16.7. The van der Waals surface area contributed by atoms with Crippen LogP contribution in [-0.2, 0) is 16.1 Å². The molecule has 0 aromatic carbocycles. The molecule has 0 saturated carbocycles. The predicted molar refractivity (Wildman–Crippen MR) is 94.0 cm³/mol. The summed E-state index contributed by atoms with van der Waals surface area (Å²) in [4.78, 5) is 23.1. The molecule has 0 bridgehead atoms. The zero-order valence-corrected chi connectivity index (χ0v) is 14.6. The molecule has 0 spiro atoms. The number of hydrogen-bond donors (Lipinski definition) is 0. The van der Waals surface area contributed by atoms with Crippen LogP contribution in [0, 0.1) is 0 Å². The van der Waals surface area contributed by atoms with Crippen LogP contribution in [0.2, 0.25) is 0 Å². The Morgan fingerprint density at radius 2 is 2.19 bits per heavy atom. The number of carbonyl (C=O) groups is 1. The Balaban J connectivity index is 1.44. The second-order valence-electron chi connectivity index (χ2n) is 5.57. The first-order valence-corrected chi connectivity index (χ1v) is 9.05. The number of pyridine rings is 1. The lowest BCUT2D eigenvalue weighted by Crippen LogP contribution is -2.37. The van der Waals surface area contributed by atoms with Gasteiger partial charge in [0.1, 0.15) is 11.4 Å². The zero-order chi connectivity index (χ0) is 17.8. The van der Waals surface area contributed by atoms with Crippen molar-refractivity contribution in [3.63, 3.8) is 0 Å². The predicted octanol–water partition coefficient (Wildman–Crippen LogP) is 2.39. The van der Waals surface area contributed by atoms with Crippen LogP contribution >= 0.6 is 11.3 Å². The molecule has 9 heteroatoms. The zero-order valence-electron chi connectivity index (χ0n) is 13.8. The molecule has 134 valence electrons. The maximum absolute atomic E-state index is 12.5. The second kappa shape index (κ2) is 7.63. The third-order valence-electron chi connectivity index (χ3n) is 3.89. The number of nitrogens with zero attached hydrogens (tertiary/aromatic N) is 4. The molecule has 3 aromatic heterocycles.